The lowest BCUT2D eigenvalue weighted by Crippen LogP contribution is -2.64. The minimum Gasteiger partial charge on any atom is -0.456 e. The SMILES string of the molecule is Cc1cc2c3c(c1)N1c4c(cccc4C4(C)CCCCC14C)B3c1ccc(N(c3ccccc3)c3ccccc3)cc1N2c1ccc2c(c1)oc1ccccc12. The van der Waals surface area contributed by atoms with Crippen molar-refractivity contribution in [1.29, 1.82) is 0 Å². The lowest BCUT2D eigenvalue weighted by Gasteiger charge is -2.52. The van der Waals surface area contributed by atoms with Gasteiger partial charge in [0.2, 0.25) is 0 Å². The number of hydrogen-bond donors (Lipinski definition) is 0. The van der Waals surface area contributed by atoms with Crippen molar-refractivity contribution in [3.8, 4) is 0 Å². The predicted molar refractivity (Wildman–Crippen MR) is 235 cm³/mol. The molecule has 1 fully saturated rings. The van der Waals surface area contributed by atoms with Crippen LogP contribution in [0.15, 0.2) is 156 Å². The van der Waals surface area contributed by atoms with Crippen molar-refractivity contribution >= 4 is 90.5 Å². The number of benzene rings is 7. The van der Waals surface area contributed by atoms with Crippen molar-refractivity contribution in [2.24, 2.45) is 0 Å². The number of rotatable bonds is 4. The molecule has 0 bridgehead atoms. The number of nitrogens with zero attached hydrogens (tertiary/aromatic N) is 3. The van der Waals surface area contributed by atoms with E-state index in [0.717, 1.165) is 44.7 Å². The summed E-state index contributed by atoms with van der Waals surface area (Å²) in [4.78, 5) is 7.73. The Balaban J connectivity index is 1.16. The lowest BCUT2D eigenvalue weighted by molar-refractivity contribution is 0.195. The first-order valence-corrected chi connectivity index (χ1v) is 20.3. The van der Waals surface area contributed by atoms with Crippen molar-refractivity contribution < 1.29 is 4.42 Å². The number of hydrogen-bond acceptors (Lipinski definition) is 4. The van der Waals surface area contributed by atoms with Crippen LogP contribution >= 0.6 is 0 Å². The summed E-state index contributed by atoms with van der Waals surface area (Å²) in [6, 6.07) is 56.0. The van der Waals surface area contributed by atoms with Crippen LogP contribution in [0.1, 0.15) is 50.7 Å². The maximum absolute atomic E-state index is 6.57. The highest BCUT2D eigenvalue weighted by Gasteiger charge is 2.61. The van der Waals surface area contributed by atoms with Gasteiger partial charge in [-0.25, -0.2) is 0 Å². The molecule has 56 heavy (non-hydrogen) atoms. The molecule has 0 saturated heterocycles. The average Bonchev–Trinajstić information content (AvgIpc) is 3.70. The maximum Gasteiger partial charge on any atom is 0.252 e. The summed E-state index contributed by atoms with van der Waals surface area (Å²) < 4.78 is 6.57. The highest BCUT2D eigenvalue weighted by molar-refractivity contribution is 7.00. The van der Waals surface area contributed by atoms with Crippen molar-refractivity contribution in [2.45, 2.75) is 57.4 Å². The first-order chi connectivity index (χ1) is 27.4. The first-order valence-electron chi connectivity index (χ1n) is 20.3. The van der Waals surface area contributed by atoms with Gasteiger partial charge in [0.1, 0.15) is 11.2 Å². The van der Waals surface area contributed by atoms with Crippen LogP contribution in [0.2, 0.25) is 0 Å². The van der Waals surface area contributed by atoms with E-state index in [0.29, 0.717) is 0 Å². The molecule has 12 rings (SSSR count). The Morgan fingerprint density at radius 2 is 1.30 bits per heavy atom. The number of anilines is 8. The van der Waals surface area contributed by atoms with Gasteiger partial charge in [-0.15, -0.1) is 0 Å². The zero-order valence-corrected chi connectivity index (χ0v) is 32.1. The Bertz CT molecular complexity index is 2860. The summed E-state index contributed by atoms with van der Waals surface area (Å²) in [6.07, 6.45) is 4.94. The van der Waals surface area contributed by atoms with E-state index in [1.807, 2.05) is 0 Å². The van der Waals surface area contributed by atoms with Crippen LogP contribution in [0, 0.1) is 6.92 Å². The van der Waals surface area contributed by atoms with E-state index in [1.54, 1.807) is 0 Å². The quantitative estimate of drug-likeness (QED) is 0.169. The molecule has 0 spiro atoms. The molecule has 1 aromatic heterocycles. The molecular weight excluding hydrogens is 681 g/mol. The number of fused-ring (bicyclic) bond motifs is 10. The number of para-hydroxylation sites is 4. The second-order valence-electron chi connectivity index (χ2n) is 16.9. The monoisotopic (exact) mass is 723 g/mol. The van der Waals surface area contributed by atoms with Crippen LogP contribution in [-0.2, 0) is 5.41 Å². The third-order valence-corrected chi connectivity index (χ3v) is 14.0. The molecule has 3 aliphatic heterocycles. The fraction of sp³-hybridized carbons (Fsp3) is 0.176. The van der Waals surface area contributed by atoms with Crippen molar-refractivity contribution in [2.75, 3.05) is 14.7 Å². The van der Waals surface area contributed by atoms with Crippen molar-refractivity contribution in [3.63, 3.8) is 0 Å². The predicted octanol–water partition coefficient (Wildman–Crippen LogP) is 11.7. The standard InChI is InChI=1S/C51H42BN3O/c1-33-29-44-48-45(30-33)55-49-40(50(2)27-12-13-28-51(50,55)3)20-14-21-42(49)52(48)41-26-24-36(53(34-15-6-4-7-16-34)35-17-8-5-9-18-35)31-43(41)54(44)37-23-25-39-38-19-10-11-22-46(38)56-47(39)32-37/h4-11,14-26,29-32H,12-13,27-28H2,1-3H3. The van der Waals surface area contributed by atoms with Crippen LogP contribution < -0.4 is 31.1 Å². The van der Waals surface area contributed by atoms with Crippen LogP contribution in [0.25, 0.3) is 21.9 Å². The van der Waals surface area contributed by atoms with Gasteiger partial charge < -0.3 is 19.1 Å². The van der Waals surface area contributed by atoms with Crippen molar-refractivity contribution in [3.05, 3.63) is 163 Å². The third kappa shape index (κ3) is 4.15. The second kappa shape index (κ2) is 11.4. The fourth-order valence-corrected chi connectivity index (χ4v) is 11.3. The van der Waals surface area contributed by atoms with Gasteiger partial charge in [0.25, 0.3) is 6.71 Å². The van der Waals surface area contributed by atoms with E-state index in [9.17, 15) is 0 Å². The molecule has 0 radical (unpaired) electrons. The average molecular weight is 724 g/mol. The highest BCUT2D eigenvalue weighted by atomic mass is 16.3. The Hall–Kier alpha value is -6.20. The van der Waals surface area contributed by atoms with Gasteiger partial charge in [0.05, 0.1) is 5.54 Å². The molecule has 2 atom stereocenters. The number of aryl methyl sites for hydroxylation is 1. The minimum absolute atomic E-state index is 0.00968. The van der Waals surface area contributed by atoms with Gasteiger partial charge in [-0.05, 0) is 121 Å². The molecule has 1 aliphatic carbocycles. The molecule has 4 heterocycles. The van der Waals surface area contributed by atoms with E-state index in [1.165, 1.54) is 75.9 Å². The second-order valence-corrected chi connectivity index (χ2v) is 16.9. The van der Waals surface area contributed by atoms with Gasteiger partial charge in [-0.2, -0.15) is 0 Å². The summed E-state index contributed by atoms with van der Waals surface area (Å²) in [6.45, 7) is 7.49. The summed E-state index contributed by atoms with van der Waals surface area (Å²) in [7, 11) is 0. The van der Waals surface area contributed by atoms with Crippen LogP contribution in [0.5, 0.6) is 0 Å². The maximum atomic E-state index is 6.57. The highest BCUT2D eigenvalue weighted by Crippen LogP contribution is 2.61. The summed E-state index contributed by atoms with van der Waals surface area (Å²) in [5, 5.41) is 2.29. The summed E-state index contributed by atoms with van der Waals surface area (Å²) >= 11 is 0. The minimum atomic E-state index is -0.00968. The van der Waals surface area contributed by atoms with E-state index in [-0.39, 0.29) is 17.7 Å². The largest absolute Gasteiger partial charge is 0.456 e. The van der Waals surface area contributed by atoms with Gasteiger partial charge in [-0.1, -0.05) is 98.6 Å². The van der Waals surface area contributed by atoms with E-state index in [4.69, 9.17) is 4.42 Å². The molecule has 0 N–H and O–H groups in total. The van der Waals surface area contributed by atoms with Gasteiger partial charge in [-0.3, -0.25) is 0 Å². The molecule has 2 unspecified atom stereocenters. The fourth-order valence-electron chi connectivity index (χ4n) is 11.3. The Morgan fingerprint density at radius 1 is 0.589 bits per heavy atom. The molecule has 4 nitrogen and oxygen atoms in total. The molecule has 4 aliphatic rings. The van der Waals surface area contributed by atoms with E-state index >= 15 is 0 Å². The molecule has 7 aromatic carbocycles. The van der Waals surface area contributed by atoms with Crippen molar-refractivity contribution in [1.82, 2.24) is 0 Å². The van der Waals surface area contributed by atoms with Gasteiger partial charge >= 0.3 is 0 Å². The molecule has 8 aromatic rings. The summed E-state index contributed by atoms with van der Waals surface area (Å²) in [5.41, 5.74) is 18.6. The molecule has 0 amide bonds. The number of furan rings is 1. The molecule has 5 heteroatoms. The molecular formula is C51H42BN3O. The van der Waals surface area contributed by atoms with Crippen LogP contribution in [-0.4, -0.2) is 12.3 Å². The van der Waals surface area contributed by atoms with E-state index in [2.05, 4.69) is 187 Å². The third-order valence-electron chi connectivity index (χ3n) is 14.0. The molecule has 1 saturated carbocycles. The topological polar surface area (TPSA) is 22.9 Å². The lowest BCUT2D eigenvalue weighted by atomic mass is 9.33. The van der Waals surface area contributed by atoms with Gasteiger partial charge in [0, 0.05) is 67.8 Å². The first kappa shape index (κ1) is 32.1. The summed E-state index contributed by atoms with van der Waals surface area (Å²) in [5.74, 6) is 0. The van der Waals surface area contributed by atoms with Crippen LogP contribution in [0.4, 0.5) is 45.5 Å². The van der Waals surface area contributed by atoms with Gasteiger partial charge in [0.15, 0.2) is 0 Å². The Morgan fingerprint density at radius 3 is 2.11 bits per heavy atom. The zero-order chi connectivity index (χ0) is 37.3. The van der Waals surface area contributed by atoms with Crippen LogP contribution in [0.3, 0.4) is 0 Å². The Kier molecular flexibility index (Phi) is 6.55. The zero-order valence-electron chi connectivity index (χ0n) is 32.1. The smallest absolute Gasteiger partial charge is 0.252 e. The molecule has 270 valence electrons. The van der Waals surface area contributed by atoms with E-state index < -0.39 is 0 Å². The normalized spacial score (nSPS) is 20.2. The Labute approximate surface area is 328 Å².